The van der Waals surface area contributed by atoms with Gasteiger partial charge >= 0.3 is 12.1 Å². The van der Waals surface area contributed by atoms with Crippen molar-refractivity contribution in [3.8, 4) is 0 Å². The SMILES string of the molecule is O=C(O)CCNS(=O)(=O)c1ccc(CC(F)(F)F)cc1. The van der Waals surface area contributed by atoms with Gasteiger partial charge in [0, 0.05) is 6.54 Å². The van der Waals surface area contributed by atoms with Crippen LogP contribution in [0.1, 0.15) is 12.0 Å². The second-order valence-electron chi connectivity index (χ2n) is 3.98. The minimum absolute atomic E-state index is 0.0537. The maximum atomic E-state index is 12.1. The lowest BCUT2D eigenvalue weighted by atomic mass is 10.1. The maximum absolute atomic E-state index is 12.1. The molecule has 0 aliphatic rings. The second-order valence-corrected chi connectivity index (χ2v) is 5.74. The Balaban J connectivity index is 2.74. The molecule has 0 unspecified atom stereocenters. The van der Waals surface area contributed by atoms with Crippen LogP contribution in [0.25, 0.3) is 0 Å². The van der Waals surface area contributed by atoms with Crippen molar-refractivity contribution in [2.75, 3.05) is 6.54 Å². The monoisotopic (exact) mass is 311 g/mol. The van der Waals surface area contributed by atoms with Gasteiger partial charge in [0.1, 0.15) is 0 Å². The molecule has 20 heavy (non-hydrogen) atoms. The van der Waals surface area contributed by atoms with Gasteiger partial charge in [0.15, 0.2) is 0 Å². The summed E-state index contributed by atoms with van der Waals surface area (Å²) in [5, 5.41) is 8.38. The van der Waals surface area contributed by atoms with E-state index in [4.69, 9.17) is 5.11 Å². The fourth-order valence-corrected chi connectivity index (χ4v) is 2.43. The van der Waals surface area contributed by atoms with E-state index in [1.807, 2.05) is 4.72 Å². The summed E-state index contributed by atoms with van der Waals surface area (Å²) in [4.78, 5) is 10.0. The van der Waals surface area contributed by atoms with E-state index in [2.05, 4.69) is 0 Å². The molecule has 0 spiro atoms. The minimum atomic E-state index is -4.36. The highest BCUT2D eigenvalue weighted by molar-refractivity contribution is 7.89. The molecule has 0 radical (unpaired) electrons. The van der Waals surface area contributed by atoms with Crippen LogP contribution in [0.4, 0.5) is 13.2 Å². The molecule has 1 aromatic carbocycles. The molecule has 0 aromatic heterocycles. The van der Waals surface area contributed by atoms with Crippen molar-refractivity contribution in [1.29, 1.82) is 0 Å². The van der Waals surface area contributed by atoms with Gasteiger partial charge in [-0.2, -0.15) is 13.2 Å². The average molecular weight is 311 g/mol. The van der Waals surface area contributed by atoms with E-state index < -0.39 is 28.6 Å². The van der Waals surface area contributed by atoms with E-state index in [0.29, 0.717) is 0 Å². The summed E-state index contributed by atoms with van der Waals surface area (Å²) >= 11 is 0. The summed E-state index contributed by atoms with van der Waals surface area (Å²) in [5.41, 5.74) is -0.0537. The molecule has 1 aromatic rings. The molecule has 0 saturated heterocycles. The highest BCUT2D eigenvalue weighted by Gasteiger charge is 2.27. The Labute approximate surface area is 113 Å². The predicted octanol–water partition coefficient (Wildman–Crippen LogP) is 1.54. The van der Waals surface area contributed by atoms with Crippen molar-refractivity contribution in [1.82, 2.24) is 4.72 Å². The number of alkyl halides is 3. The first-order chi connectivity index (χ1) is 9.10. The molecule has 0 saturated carbocycles. The highest BCUT2D eigenvalue weighted by atomic mass is 32.2. The molecule has 0 aliphatic heterocycles. The fourth-order valence-electron chi connectivity index (χ4n) is 1.39. The van der Waals surface area contributed by atoms with Crippen LogP contribution in [0.5, 0.6) is 0 Å². The van der Waals surface area contributed by atoms with Crippen molar-refractivity contribution in [3.63, 3.8) is 0 Å². The summed E-state index contributed by atoms with van der Waals surface area (Å²) in [6.45, 7) is -0.290. The van der Waals surface area contributed by atoms with Gasteiger partial charge in [-0.1, -0.05) is 12.1 Å². The van der Waals surface area contributed by atoms with E-state index in [1.54, 1.807) is 0 Å². The number of hydrogen-bond acceptors (Lipinski definition) is 3. The lowest BCUT2D eigenvalue weighted by molar-refractivity contribution is -0.136. The molecule has 0 aliphatic carbocycles. The van der Waals surface area contributed by atoms with Crippen LogP contribution in [0, 0.1) is 0 Å². The van der Waals surface area contributed by atoms with Gasteiger partial charge in [-0.05, 0) is 17.7 Å². The van der Waals surface area contributed by atoms with Crippen LogP contribution in [-0.4, -0.2) is 32.2 Å². The molecule has 5 nitrogen and oxygen atoms in total. The number of hydrogen-bond donors (Lipinski definition) is 2. The number of aliphatic carboxylic acids is 1. The van der Waals surface area contributed by atoms with Gasteiger partial charge in [-0.25, -0.2) is 13.1 Å². The van der Waals surface area contributed by atoms with E-state index >= 15 is 0 Å². The first-order valence-corrected chi connectivity index (χ1v) is 6.96. The first-order valence-electron chi connectivity index (χ1n) is 5.47. The number of rotatable bonds is 6. The van der Waals surface area contributed by atoms with Crippen LogP contribution in [0.15, 0.2) is 29.2 Å². The van der Waals surface area contributed by atoms with Gasteiger partial charge in [0.2, 0.25) is 10.0 Å². The normalized spacial score (nSPS) is 12.3. The molecule has 0 bridgehead atoms. The lowest BCUT2D eigenvalue weighted by Crippen LogP contribution is -2.26. The van der Waals surface area contributed by atoms with Crippen LogP contribution in [0.2, 0.25) is 0 Å². The third-order valence-corrected chi connectivity index (χ3v) is 3.75. The molecular weight excluding hydrogens is 299 g/mol. The van der Waals surface area contributed by atoms with E-state index in [-0.39, 0.29) is 23.4 Å². The number of carboxylic acid groups (broad SMARTS) is 1. The Morgan fingerprint density at radius 3 is 2.20 bits per heavy atom. The summed E-state index contributed by atoms with van der Waals surface area (Å²) in [6.07, 6.45) is -5.88. The van der Waals surface area contributed by atoms with Gasteiger partial charge in [0.25, 0.3) is 0 Å². The molecule has 9 heteroatoms. The summed E-state index contributed by atoms with van der Waals surface area (Å²) in [7, 11) is -3.91. The molecule has 0 atom stereocenters. The Bertz CT molecular complexity index is 566. The number of halogens is 3. The molecule has 0 fully saturated rings. The van der Waals surface area contributed by atoms with Crippen molar-refractivity contribution >= 4 is 16.0 Å². The summed E-state index contributed by atoms with van der Waals surface area (Å²) < 4.78 is 61.8. The standard InChI is InChI=1S/C11H12F3NO4S/c12-11(13,14)7-8-1-3-9(4-2-8)20(18,19)15-6-5-10(16)17/h1-4,15H,5-7H2,(H,16,17). The summed E-state index contributed by atoms with van der Waals surface area (Å²) in [5.74, 6) is -1.16. The van der Waals surface area contributed by atoms with E-state index in [9.17, 15) is 26.4 Å². The Hall–Kier alpha value is -1.61. The molecular formula is C11H12F3NO4S. The van der Waals surface area contributed by atoms with Gasteiger partial charge in [-0.3, -0.25) is 4.79 Å². The van der Waals surface area contributed by atoms with Crippen LogP contribution in [0.3, 0.4) is 0 Å². The Morgan fingerprint density at radius 1 is 1.20 bits per heavy atom. The smallest absolute Gasteiger partial charge is 0.393 e. The Morgan fingerprint density at radius 2 is 1.75 bits per heavy atom. The van der Waals surface area contributed by atoms with Crippen LogP contribution >= 0.6 is 0 Å². The molecule has 1 rings (SSSR count). The van der Waals surface area contributed by atoms with Gasteiger partial charge in [0.05, 0.1) is 17.7 Å². The molecule has 2 N–H and O–H groups in total. The molecule has 0 heterocycles. The van der Waals surface area contributed by atoms with Crippen molar-refractivity contribution in [3.05, 3.63) is 29.8 Å². The second kappa shape index (κ2) is 6.23. The van der Waals surface area contributed by atoms with Crippen molar-refractivity contribution in [2.24, 2.45) is 0 Å². The summed E-state index contributed by atoms with van der Waals surface area (Å²) in [6, 6.07) is 4.23. The van der Waals surface area contributed by atoms with Crippen LogP contribution in [-0.2, 0) is 21.2 Å². The van der Waals surface area contributed by atoms with Crippen LogP contribution < -0.4 is 4.72 Å². The largest absolute Gasteiger partial charge is 0.481 e. The zero-order chi connectivity index (χ0) is 15.4. The number of nitrogens with one attached hydrogen (secondary N) is 1. The number of benzene rings is 1. The van der Waals surface area contributed by atoms with E-state index in [0.717, 1.165) is 24.3 Å². The van der Waals surface area contributed by atoms with E-state index in [1.165, 1.54) is 0 Å². The molecule has 0 amide bonds. The predicted molar refractivity (Wildman–Crippen MR) is 63.6 cm³/mol. The zero-order valence-electron chi connectivity index (χ0n) is 10.1. The van der Waals surface area contributed by atoms with Gasteiger partial charge < -0.3 is 5.11 Å². The van der Waals surface area contributed by atoms with Crippen molar-refractivity contribution in [2.45, 2.75) is 23.9 Å². The van der Waals surface area contributed by atoms with Gasteiger partial charge in [-0.15, -0.1) is 0 Å². The number of carbonyl (C=O) groups is 1. The third-order valence-electron chi connectivity index (χ3n) is 2.27. The quantitative estimate of drug-likeness (QED) is 0.835. The lowest BCUT2D eigenvalue weighted by Gasteiger charge is -2.08. The Kier molecular flexibility index (Phi) is 5.12. The third kappa shape index (κ3) is 5.57. The van der Waals surface area contributed by atoms with Crippen molar-refractivity contribution < 1.29 is 31.5 Å². The number of carboxylic acids is 1. The minimum Gasteiger partial charge on any atom is -0.481 e. The zero-order valence-corrected chi connectivity index (χ0v) is 11.0. The highest BCUT2D eigenvalue weighted by Crippen LogP contribution is 2.22. The molecule has 112 valence electrons. The topological polar surface area (TPSA) is 83.5 Å². The maximum Gasteiger partial charge on any atom is 0.393 e. The average Bonchev–Trinajstić information content (AvgIpc) is 2.26. The first kappa shape index (κ1) is 16.4. The fraction of sp³-hybridized carbons (Fsp3) is 0.364. The number of sulfonamides is 1.